The minimum atomic E-state index is 0.188. The molecular weight excluding hydrogens is 343 g/mol. The van der Waals surface area contributed by atoms with E-state index in [0.717, 1.165) is 64.1 Å². The van der Waals surface area contributed by atoms with E-state index in [1.165, 1.54) is 11.4 Å². The SMILES string of the molecule is B(Oc1ccc(N2CCOCC2)cc1)Oc1ccc(N2CCOCC2)cc1. The van der Waals surface area contributed by atoms with Crippen molar-refractivity contribution >= 4 is 19.1 Å². The first-order valence-electron chi connectivity index (χ1n) is 9.50. The lowest BCUT2D eigenvalue weighted by Crippen LogP contribution is -2.36. The Morgan fingerprint density at radius 3 is 1.33 bits per heavy atom. The highest BCUT2D eigenvalue weighted by Gasteiger charge is 2.12. The minimum absolute atomic E-state index is 0.188. The summed E-state index contributed by atoms with van der Waals surface area (Å²) in [5, 5.41) is 0. The smallest absolute Gasteiger partial charge is 0.529 e. The van der Waals surface area contributed by atoms with E-state index in [1.807, 2.05) is 24.3 Å². The van der Waals surface area contributed by atoms with Crippen LogP contribution in [0, 0.1) is 0 Å². The highest BCUT2D eigenvalue weighted by Crippen LogP contribution is 2.22. The van der Waals surface area contributed by atoms with Crippen LogP contribution in [0.1, 0.15) is 0 Å². The molecule has 142 valence electrons. The van der Waals surface area contributed by atoms with E-state index in [-0.39, 0.29) is 7.69 Å². The normalized spacial score (nSPS) is 17.5. The van der Waals surface area contributed by atoms with Gasteiger partial charge in [-0.25, -0.2) is 0 Å². The summed E-state index contributed by atoms with van der Waals surface area (Å²) in [5.41, 5.74) is 2.40. The molecule has 6 nitrogen and oxygen atoms in total. The molecule has 2 aliphatic heterocycles. The van der Waals surface area contributed by atoms with Gasteiger partial charge in [-0.3, -0.25) is 0 Å². The van der Waals surface area contributed by atoms with E-state index in [0.29, 0.717) is 0 Å². The van der Waals surface area contributed by atoms with Crippen molar-refractivity contribution in [3.8, 4) is 11.5 Å². The van der Waals surface area contributed by atoms with Gasteiger partial charge in [0.25, 0.3) is 0 Å². The highest BCUT2D eigenvalue weighted by molar-refractivity contribution is 6.20. The first-order valence-corrected chi connectivity index (χ1v) is 9.50. The molecule has 0 spiro atoms. The average molecular weight is 368 g/mol. The van der Waals surface area contributed by atoms with E-state index in [2.05, 4.69) is 34.1 Å². The lowest BCUT2D eigenvalue weighted by atomic mass is 10.2. The van der Waals surface area contributed by atoms with E-state index >= 15 is 0 Å². The lowest BCUT2D eigenvalue weighted by molar-refractivity contribution is 0.122. The van der Waals surface area contributed by atoms with Gasteiger partial charge < -0.3 is 28.6 Å². The van der Waals surface area contributed by atoms with Crippen molar-refractivity contribution in [3.63, 3.8) is 0 Å². The summed E-state index contributed by atoms with van der Waals surface area (Å²) < 4.78 is 22.2. The van der Waals surface area contributed by atoms with Crippen LogP contribution in [0.15, 0.2) is 48.5 Å². The molecule has 0 saturated carbocycles. The van der Waals surface area contributed by atoms with Crippen LogP contribution in [0.3, 0.4) is 0 Å². The van der Waals surface area contributed by atoms with Gasteiger partial charge in [-0.2, -0.15) is 0 Å². The standard InChI is InChI=1S/C20H25BN2O4/c1-5-19(6-2-17(1)22-9-13-24-14-10-22)26-21-27-20-7-3-18(4-8-20)23-11-15-25-16-12-23/h1-8,21H,9-16H2. The maximum atomic E-state index is 5.71. The number of morpholine rings is 2. The molecule has 0 bridgehead atoms. The van der Waals surface area contributed by atoms with Crippen molar-refractivity contribution in [1.82, 2.24) is 0 Å². The second-order valence-electron chi connectivity index (χ2n) is 6.59. The number of nitrogens with zero attached hydrogens (tertiary/aromatic N) is 2. The fourth-order valence-corrected chi connectivity index (χ4v) is 3.32. The molecule has 0 aromatic heterocycles. The van der Waals surface area contributed by atoms with Crippen LogP contribution in [-0.2, 0) is 9.47 Å². The van der Waals surface area contributed by atoms with E-state index < -0.39 is 0 Å². The zero-order valence-corrected chi connectivity index (χ0v) is 15.5. The van der Waals surface area contributed by atoms with Crippen LogP contribution in [0.4, 0.5) is 11.4 Å². The molecule has 2 aromatic rings. The monoisotopic (exact) mass is 368 g/mol. The van der Waals surface area contributed by atoms with Crippen molar-refractivity contribution in [2.75, 3.05) is 62.4 Å². The minimum Gasteiger partial charge on any atom is -0.529 e. The van der Waals surface area contributed by atoms with Crippen molar-refractivity contribution < 1.29 is 18.8 Å². The van der Waals surface area contributed by atoms with Gasteiger partial charge in [-0.05, 0) is 48.5 Å². The number of ether oxygens (including phenoxy) is 2. The van der Waals surface area contributed by atoms with Crippen LogP contribution >= 0.6 is 0 Å². The second kappa shape index (κ2) is 9.02. The molecule has 7 heteroatoms. The van der Waals surface area contributed by atoms with Gasteiger partial charge in [0.15, 0.2) is 0 Å². The molecule has 0 N–H and O–H groups in total. The summed E-state index contributed by atoms with van der Waals surface area (Å²) in [5.74, 6) is 1.61. The van der Waals surface area contributed by atoms with E-state index in [4.69, 9.17) is 18.8 Å². The molecule has 2 aromatic carbocycles. The zero-order valence-electron chi connectivity index (χ0n) is 15.5. The molecule has 0 amide bonds. The Labute approximate surface area is 160 Å². The topological polar surface area (TPSA) is 43.4 Å². The molecule has 0 unspecified atom stereocenters. The molecule has 2 fully saturated rings. The van der Waals surface area contributed by atoms with Crippen molar-refractivity contribution in [3.05, 3.63) is 48.5 Å². The van der Waals surface area contributed by atoms with E-state index in [1.54, 1.807) is 0 Å². The second-order valence-corrected chi connectivity index (χ2v) is 6.59. The van der Waals surface area contributed by atoms with Gasteiger partial charge in [0.2, 0.25) is 0 Å². The van der Waals surface area contributed by atoms with Crippen molar-refractivity contribution in [1.29, 1.82) is 0 Å². The molecule has 2 saturated heterocycles. The maximum Gasteiger partial charge on any atom is 0.576 e. The van der Waals surface area contributed by atoms with Crippen LogP contribution < -0.4 is 19.1 Å². The van der Waals surface area contributed by atoms with Gasteiger partial charge >= 0.3 is 7.69 Å². The molecule has 2 aliphatic rings. The summed E-state index contributed by atoms with van der Waals surface area (Å²) in [6, 6.07) is 16.3. The molecular formula is C20H25BN2O4. The number of rotatable bonds is 6. The quantitative estimate of drug-likeness (QED) is 0.728. The number of benzene rings is 2. The third-order valence-electron chi connectivity index (χ3n) is 4.88. The summed E-state index contributed by atoms with van der Waals surface area (Å²) in [4.78, 5) is 4.64. The van der Waals surface area contributed by atoms with Gasteiger partial charge in [0, 0.05) is 37.6 Å². The largest absolute Gasteiger partial charge is 0.576 e. The average Bonchev–Trinajstić information content (AvgIpc) is 2.76. The maximum absolute atomic E-state index is 5.71. The van der Waals surface area contributed by atoms with Crippen LogP contribution in [0.25, 0.3) is 0 Å². The third-order valence-corrected chi connectivity index (χ3v) is 4.88. The summed E-state index contributed by atoms with van der Waals surface area (Å²) in [7, 11) is 0.188. The van der Waals surface area contributed by atoms with Gasteiger partial charge in [-0.15, -0.1) is 0 Å². The third kappa shape index (κ3) is 4.87. The predicted molar refractivity (Wildman–Crippen MR) is 107 cm³/mol. The lowest BCUT2D eigenvalue weighted by Gasteiger charge is -2.29. The molecule has 0 radical (unpaired) electrons. The fraction of sp³-hybridized carbons (Fsp3) is 0.400. The highest BCUT2D eigenvalue weighted by atomic mass is 16.6. The van der Waals surface area contributed by atoms with Crippen LogP contribution in [0.2, 0.25) is 0 Å². The van der Waals surface area contributed by atoms with Gasteiger partial charge in [-0.1, -0.05) is 0 Å². The zero-order chi connectivity index (χ0) is 18.3. The summed E-state index contributed by atoms with van der Waals surface area (Å²) in [6.07, 6.45) is 0. The number of hydrogen-bond acceptors (Lipinski definition) is 6. The molecule has 27 heavy (non-hydrogen) atoms. The number of anilines is 2. The van der Waals surface area contributed by atoms with Crippen LogP contribution in [0.5, 0.6) is 11.5 Å². The fourth-order valence-electron chi connectivity index (χ4n) is 3.32. The van der Waals surface area contributed by atoms with Crippen molar-refractivity contribution in [2.24, 2.45) is 0 Å². The van der Waals surface area contributed by atoms with Gasteiger partial charge in [0.05, 0.1) is 26.4 Å². The Kier molecular flexibility index (Phi) is 6.01. The Morgan fingerprint density at radius 2 is 0.963 bits per heavy atom. The first kappa shape index (κ1) is 18.0. The molecule has 2 heterocycles. The number of hydrogen-bond donors (Lipinski definition) is 0. The van der Waals surface area contributed by atoms with Crippen LogP contribution in [-0.4, -0.2) is 60.3 Å². The Hall–Kier alpha value is -2.38. The summed E-state index contributed by atoms with van der Waals surface area (Å²) in [6.45, 7) is 6.89. The van der Waals surface area contributed by atoms with Gasteiger partial charge in [0.1, 0.15) is 11.5 Å². The summed E-state index contributed by atoms with van der Waals surface area (Å²) >= 11 is 0. The Bertz CT molecular complexity index is 637. The van der Waals surface area contributed by atoms with Crippen molar-refractivity contribution in [2.45, 2.75) is 0 Å². The molecule has 0 aliphatic carbocycles. The van der Waals surface area contributed by atoms with E-state index in [9.17, 15) is 0 Å². The Morgan fingerprint density at radius 1 is 0.593 bits per heavy atom. The predicted octanol–water partition coefficient (Wildman–Crippen LogP) is 2.08. The Balaban J connectivity index is 1.24. The molecule has 4 rings (SSSR count). The first-order chi connectivity index (χ1) is 13.4. The molecule has 0 atom stereocenters.